The molecule has 0 spiro atoms. The predicted molar refractivity (Wildman–Crippen MR) is 132 cm³/mol. The first kappa shape index (κ1) is 23.0. The molecule has 2 aromatic carbocycles. The number of aryl methyl sites for hydroxylation is 1. The van der Waals surface area contributed by atoms with E-state index in [1.807, 2.05) is 43.3 Å². The molecule has 1 aliphatic rings. The van der Waals surface area contributed by atoms with Gasteiger partial charge in [0.1, 0.15) is 0 Å². The molecule has 1 fully saturated rings. The summed E-state index contributed by atoms with van der Waals surface area (Å²) in [6.07, 6.45) is 13.0. The molecule has 0 unspecified atom stereocenters. The molecule has 0 radical (unpaired) electrons. The molecule has 0 amide bonds. The van der Waals surface area contributed by atoms with Gasteiger partial charge in [0.05, 0.1) is 0 Å². The van der Waals surface area contributed by atoms with Crippen LogP contribution in [-0.4, -0.2) is 4.98 Å². The van der Waals surface area contributed by atoms with Gasteiger partial charge in [-0.25, -0.2) is 0 Å². The second-order valence-corrected chi connectivity index (χ2v) is 7.83. The van der Waals surface area contributed by atoms with E-state index < -0.39 is 0 Å². The Balaban J connectivity index is 0.000000178. The molecule has 1 heterocycles. The van der Waals surface area contributed by atoms with Gasteiger partial charge in [-0.05, 0) is 49.1 Å². The molecular formula is C27H34ClN. The van der Waals surface area contributed by atoms with Crippen LogP contribution in [0.15, 0.2) is 61.2 Å². The number of aromatic amines is 1. The Labute approximate surface area is 181 Å². The van der Waals surface area contributed by atoms with Crippen LogP contribution in [0.5, 0.6) is 0 Å². The summed E-state index contributed by atoms with van der Waals surface area (Å²) >= 11 is 5.98. The standard InChI is InChI=1S/C13H12ClN.C8H10.C6H12/c1-3-5-10-11-8-9(14)6-7-13(11)15-12(10)4-2;1-2-8-6-4-3-5-7-8;1-2-6-4-3-5-6/h3-8,15H,2H2,1H3;3-7H,2H2,1H3;6H,2-5H2,1H3/b5-3-;;. The lowest BCUT2D eigenvalue weighted by Gasteiger charge is -2.22. The van der Waals surface area contributed by atoms with E-state index in [-0.39, 0.29) is 0 Å². The van der Waals surface area contributed by atoms with E-state index in [1.54, 1.807) is 0 Å². The van der Waals surface area contributed by atoms with Crippen molar-refractivity contribution in [3.63, 3.8) is 0 Å². The van der Waals surface area contributed by atoms with Crippen molar-refractivity contribution in [1.82, 2.24) is 4.98 Å². The Morgan fingerprint density at radius 2 is 1.83 bits per heavy atom. The van der Waals surface area contributed by atoms with Crippen LogP contribution in [0, 0.1) is 5.92 Å². The van der Waals surface area contributed by atoms with Crippen LogP contribution in [0.25, 0.3) is 23.1 Å². The van der Waals surface area contributed by atoms with Crippen molar-refractivity contribution in [1.29, 1.82) is 0 Å². The SMILES string of the molecule is C=Cc1[nH]c2ccc(Cl)cc2c1/C=C\C.CCC1CCC1.CCc1ccccc1. The highest BCUT2D eigenvalue weighted by atomic mass is 35.5. The van der Waals surface area contributed by atoms with Crippen molar-refractivity contribution >= 4 is 34.7 Å². The average Bonchev–Trinajstić information content (AvgIpc) is 3.06. The van der Waals surface area contributed by atoms with Gasteiger partial charge < -0.3 is 4.98 Å². The first-order valence-corrected chi connectivity index (χ1v) is 11.1. The Morgan fingerprint density at radius 3 is 2.28 bits per heavy atom. The maximum absolute atomic E-state index is 5.98. The van der Waals surface area contributed by atoms with E-state index >= 15 is 0 Å². The fourth-order valence-corrected chi connectivity index (χ4v) is 3.50. The Bertz CT molecular complexity index is 898. The molecule has 0 atom stereocenters. The molecule has 3 aromatic rings. The number of nitrogens with one attached hydrogen (secondary N) is 1. The highest BCUT2D eigenvalue weighted by Gasteiger charge is 2.13. The Morgan fingerprint density at radius 1 is 1.10 bits per heavy atom. The van der Waals surface area contributed by atoms with Crippen LogP contribution in [0.1, 0.15) is 63.3 Å². The minimum absolute atomic E-state index is 0.753. The van der Waals surface area contributed by atoms with Crippen molar-refractivity contribution in [2.24, 2.45) is 5.92 Å². The number of hydrogen-bond acceptors (Lipinski definition) is 0. The zero-order chi connectivity index (χ0) is 21.1. The fourth-order valence-electron chi connectivity index (χ4n) is 3.33. The van der Waals surface area contributed by atoms with Gasteiger partial charge in [0.15, 0.2) is 0 Å². The second kappa shape index (κ2) is 12.3. The largest absolute Gasteiger partial charge is 0.355 e. The number of hydrogen-bond donors (Lipinski definition) is 1. The van der Waals surface area contributed by atoms with Gasteiger partial charge in [0, 0.05) is 27.2 Å². The van der Waals surface area contributed by atoms with Crippen LogP contribution in [0.4, 0.5) is 0 Å². The number of rotatable bonds is 4. The van der Waals surface area contributed by atoms with Gasteiger partial charge in [-0.1, -0.05) is 100 Å². The summed E-state index contributed by atoms with van der Waals surface area (Å²) in [7, 11) is 0. The minimum atomic E-state index is 0.753. The summed E-state index contributed by atoms with van der Waals surface area (Å²) in [5.74, 6) is 1.12. The molecule has 1 saturated carbocycles. The highest BCUT2D eigenvalue weighted by Crippen LogP contribution is 2.28. The lowest BCUT2D eigenvalue weighted by molar-refractivity contribution is 0.307. The molecule has 0 aliphatic heterocycles. The number of halogens is 1. The molecular weight excluding hydrogens is 374 g/mol. The smallest absolute Gasteiger partial charge is 0.0465 e. The molecule has 2 heteroatoms. The fraction of sp³-hybridized carbons (Fsp3) is 0.333. The zero-order valence-corrected chi connectivity index (χ0v) is 18.8. The zero-order valence-electron chi connectivity index (χ0n) is 18.0. The summed E-state index contributed by atoms with van der Waals surface area (Å²) in [4.78, 5) is 3.30. The number of aromatic nitrogens is 1. The Hall–Kier alpha value is -2.25. The van der Waals surface area contributed by atoms with Crippen molar-refractivity contribution in [3.05, 3.63) is 83.0 Å². The van der Waals surface area contributed by atoms with Gasteiger partial charge in [-0.2, -0.15) is 0 Å². The van der Waals surface area contributed by atoms with E-state index in [0.717, 1.165) is 39.5 Å². The van der Waals surface area contributed by atoms with E-state index in [0.29, 0.717) is 0 Å². The van der Waals surface area contributed by atoms with Crippen LogP contribution >= 0.6 is 11.6 Å². The van der Waals surface area contributed by atoms with Gasteiger partial charge in [0.25, 0.3) is 0 Å². The summed E-state index contributed by atoms with van der Waals surface area (Å²) in [6, 6.07) is 16.3. The molecule has 0 saturated heterocycles. The second-order valence-electron chi connectivity index (χ2n) is 7.39. The summed E-state index contributed by atoms with van der Waals surface area (Å²) in [5, 5.41) is 1.89. The third kappa shape index (κ3) is 6.94. The van der Waals surface area contributed by atoms with E-state index in [2.05, 4.69) is 55.8 Å². The van der Waals surface area contributed by atoms with Gasteiger partial charge in [-0.3, -0.25) is 0 Å². The van der Waals surface area contributed by atoms with E-state index in [4.69, 9.17) is 11.6 Å². The maximum Gasteiger partial charge on any atom is 0.0465 e. The third-order valence-electron chi connectivity index (χ3n) is 5.42. The average molecular weight is 408 g/mol. The molecule has 1 aliphatic carbocycles. The van der Waals surface area contributed by atoms with Gasteiger partial charge >= 0.3 is 0 Å². The van der Waals surface area contributed by atoms with Crippen molar-refractivity contribution in [2.45, 2.75) is 52.9 Å². The number of benzene rings is 2. The van der Waals surface area contributed by atoms with Crippen molar-refractivity contribution in [3.8, 4) is 0 Å². The molecule has 1 nitrogen and oxygen atoms in total. The van der Waals surface area contributed by atoms with Gasteiger partial charge in [-0.15, -0.1) is 0 Å². The summed E-state index contributed by atoms with van der Waals surface area (Å²) in [6.45, 7) is 10.2. The minimum Gasteiger partial charge on any atom is -0.355 e. The first-order chi connectivity index (χ1) is 14.1. The molecule has 0 bridgehead atoms. The topological polar surface area (TPSA) is 15.8 Å². The normalized spacial score (nSPS) is 13.2. The molecule has 29 heavy (non-hydrogen) atoms. The van der Waals surface area contributed by atoms with Crippen LogP contribution < -0.4 is 0 Å². The van der Waals surface area contributed by atoms with Crippen LogP contribution in [0.2, 0.25) is 5.02 Å². The quantitative estimate of drug-likeness (QED) is 0.444. The first-order valence-electron chi connectivity index (χ1n) is 10.7. The third-order valence-corrected chi connectivity index (χ3v) is 5.66. The number of allylic oxidation sites excluding steroid dienone is 1. The van der Waals surface area contributed by atoms with Crippen molar-refractivity contribution < 1.29 is 0 Å². The van der Waals surface area contributed by atoms with Crippen LogP contribution in [0.3, 0.4) is 0 Å². The lowest BCUT2D eigenvalue weighted by atomic mass is 9.84. The molecule has 154 valence electrons. The predicted octanol–water partition coefficient (Wildman–Crippen LogP) is 8.94. The highest BCUT2D eigenvalue weighted by molar-refractivity contribution is 6.31. The summed E-state index contributed by atoms with van der Waals surface area (Å²) in [5.41, 5.74) is 4.67. The maximum atomic E-state index is 5.98. The monoisotopic (exact) mass is 407 g/mol. The van der Waals surface area contributed by atoms with E-state index in [1.165, 1.54) is 31.2 Å². The van der Waals surface area contributed by atoms with E-state index in [9.17, 15) is 0 Å². The van der Waals surface area contributed by atoms with Crippen molar-refractivity contribution in [2.75, 3.05) is 0 Å². The Kier molecular flexibility index (Phi) is 9.80. The molecule has 1 N–H and O–H groups in total. The molecule has 4 rings (SSSR count). The van der Waals surface area contributed by atoms with Gasteiger partial charge in [0.2, 0.25) is 0 Å². The number of fused-ring (bicyclic) bond motifs is 1. The lowest BCUT2D eigenvalue weighted by Crippen LogP contribution is -2.08. The van der Waals surface area contributed by atoms with Crippen LogP contribution in [-0.2, 0) is 6.42 Å². The molecule has 1 aromatic heterocycles. The number of H-pyrrole nitrogens is 1. The summed E-state index contributed by atoms with van der Waals surface area (Å²) < 4.78 is 0.